The van der Waals surface area contributed by atoms with Crippen molar-refractivity contribution in [1.29, 1.82) is 0 Å². The van der Waals surface area contributed by atoms with Crippen LogP contribution >= 0.6 is 0 Å². The third-order valence-corrected chi connectivity index (χ3v) is 5.59. The van der Waals surface area contributed by atoms with E-state index in [1.807, 2.05) is 19.9 Å². The lowest BCUT2D eigenvalue weighted by Gasteiger charge is -2.20. The van der Waals surface area contributed by atoms with Gasteiger partial charge in [0.05, 0.1) is 17.9 Å². The number of hydrogen-bond acceptors (Lipinski definition) is 8. The van der Waals surface area contributed by atoms with Crippen molar-refractivity contribution in [3.63, 3.8) is 0 Å². The molecule has 2 atom stereocenters. The summed E-state index contributed by atoms with van der Waals surface area (Å²) in [5.41, 5.74) is 3.31. The van der Waals surface area contributed by atoms with Gasteiger partial charge in [-0.15, -0.1) is 0 Å². The van der Waals surface area contributed by atoms with Crippen molar-refractivity contribution in [2.75, 3.05) is 23.4 Å². The summed E-state index contributed by atoms with van der Waals surface area (Å²) in [5, 5.41) is 11.7. The number of esters is 1. The summed E-state index contributed by atoms with van der Waals surface area (Å²) < 4.78 is 4.93. The summed E-state index contributed by atoms with van der Waals surface area (Å²) in [5.74, 6) is -1.82. The van der Waals surface area contributed by atoms with Gasteiger partial charge in [0.25, 0.3) is 11.8 Å². The SMILES string of the molecule is CCOC(=O)c1ccc(NC(=O)CN2N=N[C@H]3C(=O)N(c4ccc(C)c(C)c4)C(=O)[C@@H]32)cc1. The fourth-order valence-electron chi connectivity index (χ4n) is 3.72. The number of amides is 3. The molecule has 2 aliphatic heterocycles. The van der Waals surface area contributed by atoms with Gasteiger partial charge in [-0.25, -0.2) is 9.69 Å². The zero-order chi connectivity index (χ0) is 23.7. The molecule has 2 aliphatic rings. The van der Waals surface area contributed by atoms with Crippen molar-refractivity contribution >= 4 is 35.1 Å². The Hall–Kier alpha value is -4.08. The van der Waals surface area contributed by atoms with Crippen molar-refractivity contribution in [2.24, 2.45) is 10.3 Å². The maximum Gasteiger partial charge on any atom is 0.338 e. The fourth-order valence-corrected chi connectivity index (χ4v) is 3.72. The second-order valence-electron chi connectivity index (χ2n) is 7.82. The van der Waals surface area contributed by atoms with Crippen LogP contribution in [0.2, 0.25) is 0 Å². The van der Waals surface area contributed by atoms with Gasteiger partial charge < -0.3 is 10.1 Å². The first-order valence-corrected chi connectivity index (χ1v) is 10.5. The van der Waals surface area contributed by atoms with Crippen LogP contribution in [-0.2, 0) is 19.1 Å². The molecule has 0 aromatic heterocycles. The number of ether oxygens (including phenoxy) is 1. The minimum absolute atomic E-state index is 0.260. The van der Waals surface area contributed by atoms with Gasteiger partial charge in [-0.3, -0.25) is 19.4 Å². The van der Waals surface area contributed by atoms with Gasteiger partial charge in [0.15, 0.2) is 12.1 Å². The van der Waals surface area contributed by atoms with E-state index in [-0.39, 0.29) is 13.2 Å². The molecule has 0 aliphatic carbocycles. The minimum atomic E-state index is -0.976. The molecule has 10 heteroatoms. The number of carbonyl (C=O) groups excluding carboxylic acids is 4. The number of imide groups is 1. The Labute approximate surface area is 190 Å². The molecule has 0 bridgehead atoms. The Morgan fingerprint density at radius 1 is 1.03 bits per heavy atom. The van der Waals surface area contributed by atoms with E-state index in [2.05, 4.69) is 15.7 Å². The van der Waals surface area contributed by atoms with Crippen LogP contribution in [-0.4, -0.2) is 53.9 Å². The molecule has 3 amide bonds. The Morgan fingerprint density at radius 2 is 1.76 bits per heavy atom. The molecule has 2 aromatic rings. The summed E-state index contributed by atoms with van der Waals surface area (Å²) in [6, 6.07) is 9.63. The Bertz CT molecular complexity index is 1160. The number of benzene rings is 2. The highest BCUT2D eigenvalue weighted by Gasteiger charge is 2.55. The summed E-state index contributed by atoms with van der Waals surface area (Å²) in [6.45, 7) is 5.58. The second-order valence-corrected chi connectivity index (χ2v) is 7.82. The first-order valence-electron chi connectivity index (χ1n) is 10.5. The van der Waals surface area contributed by atoms with Crippen LogP contribution in [0.1, 0.15) is 28.4 Å². The molecule has 0 spiro atoms. The number of aryl methyl sites for hydroxylation is 2. The van der Waals surface area contributed by atoms with E-state index in [0.29, 0.717) is 16.9 Å². The molecule has 2 heterocycles. The van der Waals surface area contributed by atoms with Gasteiger partial charge in [-0.2, -0.15) is 5.11 Å². The van der Waals surface area contributed by atoms with Crippen molar-refractivity contribution in [2.45, 2.75) is 32.9 Å². The van der Waals surface area contributed by atoms with Crippen LogP contribution in [0.25, 0.3) is 0 Å². The van der Waals surface area contributed by atoms with Gasteiger partial charge in [-0.1, -0.05) is 11.3 Å². The third kappa shape index (κ3) is 4.19. The van der Waals surface area contributed by atoms with Crippen LogP contribution in [0.5, 0.6) is 0 Å². The fraction of sp³-hybridized carbons (Fsp3) is 0.304. The van der Waals surface area contributed by atoms with Crippen molar-refractivity contribution in [3.8, 4) is 0 Å². The summed E-state index contributed by atoms with van der Waals surface area (Å²) in [4.78, 5) is 51.3. The zero-order valence-electron chi connectivity index (χ0n) is 18.4. The van der Waals surface area contributed by atoms with E-state index in [1.165, 1.54) is 5.01 Å². The molecule has 0 unspecified atom stereocenters. The lowest BCUT2D eigenvalue weighted by Crippen LogP contribution is -2.43. The monoisotopic (exact) mass is 449 g/mol. The number of hydrogen-bond donors (Lipinski definition) is 1. The molecule has 1 N–H and O–H groups in total. The average molecular weight is 449 g/mol. The quantitative estimate of drug-likeness (QED) is 0.534. The lowest BCUT2D eigenvalue weighted by atomic mass is 10.1. The van der Waals surface area contributed by atoms with Crippen LogP contribution in [0.3, 0.4) is 0 Å². The molecule has 2 aromatic carbocycles. The number of nitrogens with one attached hydrogen (secondary N) is 1. The topological polar surface area (TPSA) is 121 Å². The lowest BCUT2D eigenvalue weighted by molar-refractivity contribution is -0.123. The summed E-state index contributed by atoms with van der Waals surface area (Å²) in [6.07, 6.45) is 0. The van der Waals surface area contributed by atoms with Gasteiger partial charge in [0.2, 0.25) is 5.91 Å². The Balaban J connectivity index is 1.42. The van der Waals surface area contributed by atoms with Gasteiger partial charge in [-0.05, 0) is 68.3 Å². The highest BCUT2D eigenvalue weighted by atomic mass is 16.5. The molecule has 1 saturated heterocycles. The van der Waals surface area contributed by atoms with Crippen LogP contribution < -0.4 is 10.2 Å². The predicted octanol–water partition coefficient (Wildman–Crippen LogP) is 2.41. The molecule has 33 heavy (non-hydrogen) atoms. The normalized spacial score (nSPS) is 19.1. The molecule has 170 valence electrons. The van der Waals surface area contributed by atoms with Crippen molar-refractivity contribution < 1.29 is 23.9 Å². The molecule has 0 radical (unpaired) electrons. The molecular formula is C23H23N5O5. The number of carbonyl (C=O) groups is 4. The molecule has 4 rings (SSSR count). The standard InChI is InChI=1S/C23H23N5O5/c1-4-33-23(32)15-6-8-16(9-7-15)24-18(29)12-27-20-19(25-26-27)21(30)28(22(20)31)17-10-5-13(2)14(3)11-17/h5-11,19-20H,4,12H2,1-3H3,(H,24,29)/t19-,20-/m1/s1. The smallest absolute Gasteiger partial charge is 0.338 e. The van der Waals surface area contributed by atoms with Crippen LogP contribution in [0.4, 0.5) is 11.4 Å². The largest absolute Gasteiger partial charge is 0.462 e. The maximum atomic E-state index is 13.1. The van der Waals surface area contributed by atoms with E-state index in [4.69, 9.17) is 4.74 Å². The zero-order valence-corrected chi connectivity index (χ0v) is 18.4. The Morgan fingerprint density at radius 3 is 2.42 bits per heavy atom. The van der Waals surface area contributed by atoms with Crippen LogP contribution in [0.15, 0.2) is 52.8 Å². The van der Waals surface area contributed by atoms with Gasteiger partial charge >= 0.3 is 5.97 Å². The second kappa shape index (κ2) is 8.81. The highest BCUT2D eigenvalue weighted by Crippen LogP contribution is 2.32. The minimum Gasteiger partial charge on any atom is -0.462 e. The first kappa shape index (κ1) is 22.1. The van der Waals surface area contributed by atoms with E-state index >= 15 is 0 Å². The summed E-state index contributed by atoms with van der Waals surface area (Å²) in [7, 11) is 0. The summed E-state index contributed by atoms with van der Waals surface area (Å²) >= 11 is 0. The van der Waals surface area contributed by atoms with Gasteiger partial charge in [0, 0.05) is 5.69 Å². The number of nitrogens with zero attached hydrogens (tertiary/aromatic N) is 4. The van der Waals surface area contributed by atoms with Gasteiger partial charge in [0.1, 0.15) is 6.54 Å². The third-order valence-electron chi connectivity index (χ3n) is 5.59. The highest BCUT2D eigenvalue weighted by molar-refractivity contribution is 6.25. The number of fused-ring (bicyclic) bond motifs is 1. The maximum absolute atomic E-state index is 13.1. The molecule has 10 nitrogen and oxygen atoms in total. The first-order chi connectivity index (χ1) is 15.8. The van der Waals surface area contributed by atoms with Crippen LogP contribution in [0, 0.1) is 13.8 Å². The number of anilines is 2. The van der Waals surface area contributed by atoms with Crippen molar-refractivity contribution in [3.05, 3.63) is 59.2 Å². The number of rotatable bonds is 6. The van der Waals surface area contributed by atoms with E-state index in [0.717, 1.165) is 16.0 Å². The molecular weight excluding hydrogens is 426 g/mol. The van der Waals surface area contributed by atoms with E-state index < -0.39 is 35.8 Å². The molecule has 1 fully saturated rings. The molecule has 0 saturated carbocycles. The van der Waals surface area contributed by atoms with E-state index in [1.54, 1.807) is 43.3 Å². The predicted molar refractivity (Wildman–Crippen MR) is 119 cm³/mol. The van der Waals surface area contributed by atoms with E-state index in [9.17, 15) is 19.2 Å². The Kier molecular flexibility index (Phi) is 5.91. The average Bonchev–Trinajstić information content (AvgIpc) is 3.30. The van der Waals surface area contributed by atoms with Crippen molar-refractivity contribution in [1.82, 2.24) is 5.01 Å².